The molecule has 3 aromatic rings. The molecule has 0 unspecified atom stereocenters. The summed E-state index contributed by atoms with van der Waals surface area (Å²) in [6.45, 7) is -0.641. The van der Waals surface area contributed by atoms with Gasteiger partial charge in [0, 0.05) is 11.5 Å². The first-order valence-corrected chi connectivity index (χ1v) is 12.5. The van der Waals surface area contributed by atoms with Crippen LogP contribution >= 0.6 is 27.5 Å². The summed E-state index contributed by atoms with van der Waals surface area (Å²) in [6.07, 6.45) is -7.44. The zero-order valence-electron chi connectivity index (χ0n) is 20.0. The summed E-state index contributed by atoms with van der Waals surface area (Å²) in [4.78, 5) is 33.3. The minimum atomic E-state index is -1.86. The van der Waals surface area contributed by atoms with E-state index >= 15 is 4.39 Å². The van der Waals surface area contributed by atoms with Gasteiger partial charge in [-0.2, -0.15) is 0 Å². The zero-order chi connectivity index (χ0) is 28.4. The van der Waals surface area contributed by atoms with Crippen molar-refractivity contribution in [2.75, 3.05) is 18.5 Å². The number of rotatable bonds is 9. The van der Waals surface area contributed by atoms with Crippen molar-refractivity contribution >= 4 is 61.8 Å². The van der Waals surface area contributed by atoms with Gasteiger partial charge in [0.1, 0.15) is 23.8 Å². The Morgan fingerprint density at radius 1 is 1.21 bits per heavy atom. The number of aliphatic hydroxyl groups is 3. The predicted molar refractivity (Wildman–Crippen MR) is 137 cm³/mol. The number of aliphatic hydroxyl groups excluding tert-OH is 3. The van der Waals surface area contributed by atoms with Crippen LogP contribution in [-0.4, -0.2) is 85.8 Å². The zero-order valence-corrected chi connectivity index (χ0v) is 22.4. The number of anilines is 2. The molecule has 2 heterocycles. The summed E-state index contributed by atoms with van der Waals surface area (Å²) < 4.78 is 27.9. The van der Waals surface area contributed by atoms with Gasteiger partial charge in [0.25, 0.3) is 5.91 Å². The van der Waals surface area contributed by atoms with E-state index in [2.05, 4.69) is 31.7 Å². The molecule has 6 N–H and O–H groups in total. The molecule has 210 valence electrons. The lowest BCUT2D eigenvalue weighted by atomic mass is 9.99. The van der Waals surface area contributed by atoms with Crippen LogP contribution in [0.1, 0.15) is 10.4 Å². The summed E-state index contributed by atoms with van der Waals surface area (Å²) in [7, 11) is 1.63. The van der Waals surface area contributed by atoms with Crippen LogP contribution in [0.4, 0.5) is 15.8 Å². The number of aromatic nitrogens is 2. The third-order valence-corrected chi connectivity index (χ3v) is 6.65. The summed E-state index contributed by atoms with van der Waals surface area (Å²) in [5.74, 6) is -3.18. The first-order valence-electron chi connectivity index (χ1n) is 11.3. The molecule has 16 heteroatoms. The number of carbonyl (C=O) groups is 2. The van der Waals surface area contributed by atoms with Crippen LogP contribution in [0.3, 0.4) is 0 Å². The number of hydroxylamine groups is 1. The van der Waals surface area contributed by atoms with Crippen LogP contribution in [0.15, 0.2) is 35.1 Å². The number of fused-ring (bicyclic) bond motifs is 1. The van der Waals surface area contributed by atoms with Gasteiger partial charge in [-0.05, 0) is 24.3 Å². The Hall–Kier alpha value is -2.89. The van der Waals surface area contributed by atoms with E-state index in [1.165, 1.54) is 17.0 Å². The van der Waals surface area contributed by atoms with Crippen molar-refractivity contribution in [2.24, 2.45) is 7.05 Å². The summed E-state index contributed by atoms with van der Waals surface area (Å²) in [6, 6.07) is 6.28. The van der Waals surface area contributed by atoms with Crippen LogP contribution in [0.25, 0.3) is 11.0 Å². The highest BCUT2D eigenvalue weighted by Gasteiger charge is 2.47. The van der Waals surface area contributed by atoms with Gasteiger partial charge in [-0.25, -0.2) is 19.6 Å². The summed E-state index contributed by atoms with van der Waals surface area (Å²) in [5, 5.41) is 41.7. The molecule has 13 nitrogen and oxygen atoms in total. The smallest absolute Gasteiger partial charge is 0.335 e. The van der Waals surface area contributed by atoms with Crippen molar-refractivity contribution in [3.8, 4) is 0 Å². The number of nitrogens with zero attached hydrogens (tertiary/aromatic N) is 2. The SMILES string of the molecule is Cn1cnc2c(F)c(Nc3ccc(Br)cc3Cl)c(C(=O)NOCCO[C@@H]3O[C@H](C(=O)O)[C@@H](O)[C@H](O)[C@H]3O)cc21. The second kappa shape index (κ2) is 12.1. The number of ether oxygens (including phenoxy) is 2. The van der Waals surface area contributed by atoms with Crippen LogP contribution < -0.4 is 10.8 Å². The quantitative estimate of drug-likeness (QED) is 0.148. The molecule has 0 radical (unpaired) electrons. The van der Waals surface area contributed by atoms with E-state index in [4.69, 9.17) is 31.0 Å². The molecular formula is C23H23BrClFN4O9. The minimum absolute atomic E-state index is 0.0251. The molecule has 1 aromatic heterocycles. The minimum Gasteiger partial charge on any atom is -0.479 e. The fourth-order valence-electron chi connectivity index (χ4n) is 3.82. The van der Waals surface area contributed by atoms with E-state index in [-0.39, 0.29) is 35.0 Å². The molecule has 1 saturated heterocycles. The molecule has 0 spiro atoms. The fourth-order valence-corrected chi connectivity index (χ4v) is 4.54. The standard InChI is InChI=1S/C23H23BrClFN4O9/c1-30-8-27-16-13(30)7-10(15(14(16)26)28-12-3-2-9(24)6-11(12)25)21(34)29-38-5-4-37-23-19(33)17(31)18(32)20(39-23)22(35)36/h2-3,6-8,17-20,23,28,31-33H,4-5H2,1H3,(H,29,34)(H,35,36)/t17-,18-,19+,20-,23+/m0/s1. The summed E-state index contributed by atoms with van der Waals surface area (Å²) >= 11 is 9.55. The van der Waals surface area contributed by atoms with Crippen LogP contribution in [0.2, 0.25) is 5.02 Å². The molecule has 5 atom stereocenters. The van der Waals surface area contributed by atoms with Gasteiger partial charge in [0.2, 0.25) is 0 Å². The number of carboxylic acids is 1. The molecule has 1 aliphatic heterocycles. The second-order valence-corrected chi connectivity index (χ2v) is 9.79. The average Bonchev–Trinajstić information content (AvgIpc) is 3.26. The molecule has 0 saturated carbocycles. The van der Waals surface area contributed by atoms with Gasteiger partial charge in [-0.3, -0.25) is 9.63 Å². The number of benzene rings is 2. The number of carboxylic acid groups (broad SMARTS) is 1. The number of nitrogens with one attached hydrogen (secondary N) is 2. The lowest BCUT2D eigenvalue weighted by Crippen LogP contribution is -2.60. The van der Waals surface area contributed by atoms with E-state index in [1.54, 1.807) is 25.2 Å². The number of halogens is 3. The Kier molecular flexibility index (Phi) is 9.03. The number of carbonyl (C=O) groups excluding carboxylic acids is 1. The highest BCUT2D eigenvalue weighted by molar-refractivity contribution is 9.10. The van der Waals surface area contributed by atoms with Gasteiger partial charge >= 0.3 is 5.97 Å². The largest absolute Gasteiger partial charge is 0.479 e. The molecular weight excluding hydrogens is 611 g/mol. The number of amides is 1. The van der Waals surface area contributed by atoms with Gasteiger partial charge in [0.15, 0.2) is 18.2 Å². The van der Waals surface area contributed by atoms with Gasteiger partial charge < -0.3 is 39.8 Å². The van der Waals surface area contributed by atoms with Crippen molar-refractivity contribution < 1.29 is 48.7 Å². The number of aliphatic carboxylic acids is 1. The maximum absolute atomic E-state index is 15.5. The number of hydrogen-bond donors (Lipinski definition) is 6. The Bertz CT molecular complexity index is 1390. The molecule has 2 aromatic carbocycles. The Morgan fingerprint density at radius 2 is 1.95 bits per heavy atom. The first kappa shape index (κ1) is 29.1. The molecule has 39 heavy (non-hydrogen) atoms. The third kappa shape index (κ3) is 6.15. The maximum Gasteiger partial charge on any atom is 0.335 e. The maximum atomic E-state index is 15.5. The molecule has 1 fully saturated rings. The van der Waals surface area contributed by atoms with E-state index in [0.29, 0.717) is 15.7 Å². The van der Waals surface area contributed by atoms with Crippen molar-refractivity contribution in [1.29, 1.82) is 0 Å². The fraction of sp³-hybridized carbons (Fsp3) is 0.348. The van der Waals surface area contributed by atoms with Gasteiger partial charge in [-0.15, -0.1) is 0 Å². The highest BCUT2D eigenvalue weighted by atomic mass is 79.9. The van der Waals surface area contributed by atoms with Crippen molar-refractivity contribution in [3.63, 3.8) is 0 Å². The molecule has 1 amide bonds. The highest BCUT2D eigenvalue weighted by Crippen LogP contribution is 2.34. The lowest BCUT2D eigenvalue weighted by Gasteiger charge is -2.38. The van der Waals surface area contributed by atoms with Crippen molar-refractivity contribution in [1.82, 2.24) is 15.0 Å². The average molecular weight is 634 g/mol. The van der Waals surface area contributed by atoms with E-state index < -0.39 is 48.4 Å². The normalized spacial score (nSPS) is 23.1. The molecule has 1 aliphatic rings. The molecule has 0 bridgehead atoms. The van der Waals surface area contributed by atoms with Crippen LogP contribution in [-0.2, 0) is 26.2 Å². The van der Waals surface area contributed by atoms with Crippen molar-refractivity contribution in [2.45, 2.75) is 30.7 Å². The summed E-state index contributed by atoms with van der Waals surface area (Å²) in [5.41, 5.74) is 2.53. The number of hydrogen-bond acceptors (Lipinski definition) is 10. The predicted octanol–water partition coefficient (Wildman–Crippen LogP) is 1.44. The lowest BCUT2D eigenvalue weighted by molar-refractivity contribution is -0.295. The van der Waals surface area contributed by atoms with E-state index in [0.717, 1.165) is 0 Å². The third-order valence-electron chi connectivity index (χ3n) is 5.84. The van der Waals surface area contributed by atoms with Crippen LogP contribution in [0.5, 0.6) is 0 Å². The molecule has 4 rings (SSSR count). The Morgan fingerprint density at radius 3 is 2.64 bits per heavy atom. The number of imidazole rings is 1. The topological polar surface area (TPSA) is 185 Å². The Balaban J connectivity index is 1.44. The monoisotopic (exact) mass is 632 g/mol. The number of aryl methyl sites for hydroxylation is 1. The first-order chi connectivity index (χ1) is 18.5. The molecule has 0 aliphatic carbocycles. The van der Waals surface area contributed by atoms with Crippen molar-refractivity contribution in [3.05, 3.63) is 51.5 Å². The second-order valence-electron chi connectivity index (χ2n) is 8.47. The van der Waals surface area contributed by atoms with Gasteiger partial charge in [-0.1, -0.05) is 27.5 Å². The van der Waals surface area contributed by atoms with Crippen LogP contribution in [0, 0.1) is 5.82 Å². The Labute approximate surface area is 233 Å². The van der Waals surface area contributed by atoms with E-state index in [1.807, 2.05) is 0 Å². The van der Waals surface area contributed by atoms with Gasteiger partial charge in [0.05, 0.1) is 47.0 Å². The van der Waals surface area contributed by atoms with E-state index in [9.17, 15) is 24.9 Å².